The zero-order valence-corrected chi connectivity index (χ0v) is 17.5. The monoisotopic (exact) mass is 406 g/mol. The van der Waals surface area contributed by atoms with Crippen LogP contribution in [0.25, 0.3) is 0 Å². The summed E-state index contributed by atoms with van der Waals surface area (Å²) in [5.74, 6) is -0.679. The lowest BCUT2D eigenvalue weighted by atomic mass is 10.1. The molecule has 1 aliphatic rings. The van der Waals surface area contributed by atoms with Gasteiger partial charge in [0.05, 0.1) is 6.61 Å². The van der Waals surface area contributed by atoms with Crippen LogP contribution in [0, 0.1) is 20.8 Å². The molecule has 0 aliphatic carbocycles. The van der Waals surface area contributed by atoms with Crippen molar-refractivity contribution < 1.29 is 17.9 Å². The lowest BCUT2D eigenvalue weighted by molar-refractivity contribution is 0.0520. The van der Waals surface area contributed by atoms with Gasteiger partial charge in [-0.1, -0.05) is 12.1 Å². The molecule has 0 bridgehead atoms. The summed E-state index contributed by atoms with van der Waals surface area (Å²) in [5.41, 5.74) is 3.90. The summed E-state index contributed by atoms with van der Waals surface area (Å²) in [6.45, 7) is 9.38. The quantitative estimate of drug-likeness (QED) is 0.764. The summed E-state index contributed by atoms with van der Waals surface area (Å²) in [5, 5.41) is 6.24. The highest BCUT2D eigenvalue weighted by molar-refractivity contribution is 7.89. The summed E-state index contributed by atoms with van der Waals surface area (Å²) in [6, 6.07) is 6.14. The molecule has 152 valence electrons. The van der Waals surface area contributed by atoms with Crippen LogP contribution in [0.5, 0.6) is 0 Å². The number of carbonyl (C=O) groups excluding carboxylic acids is 1. The molecule has 1 fully saturated rings. The Kier molecular flexibility index (Phi) is 5.76. The number of hydrogen-bond acceptors (Lipinski definition) is 6. The van der Waals surface area contributed by atoms with E-state index >= 15 is 0 Å². The second-order valence-corrected chi connectivity index (χ2v) is 8.71. The number of aromatic amines is 1. The van der Waals surface area contributed by atoms with E-state index < -0.39 is 16.0 Å². The van der Waals surface area contributed by atoms with E-state index in [2.05, 4.69) is 41.1 Å². The molecule has 0 spiro atoms. The van der Waals surface area contributed by atoms with E-state index in [-0.39, 0.29) is 17.2 Å². The predicted molar refractivity (Wildman–Crippen MR) is 106 cm³/mol. The molecule has 1 N–H and O–H groups in total. The number of esters is 1. The number of nitrogens with zero attached hydrogens (tertiary/aromatic N) is 3. The van der Waals surface area contributed by atoms with Gasteiger partial charge >= 0.3 is 5.97 Å². The number of aromatic nitrogens is 2. The van der Waals surface area contributed by atoms with Gasteiger partial charge in [-0.2, -0.15) is 9.40 Å². The van der Waals surface area contributed by atoms with Crippen LogP contribution in [0.4, 0.5) is 5.69 Å². The van der Waals surface area contributed by atoms with E-state index in [0.29, 0.717) is 31.9 Å². The number of rotatable bonds is 5. The van der Waals surface area contributed by atoms with Crippen molar-refractivity contribution in [3.05, 3.63) is 40.6 Å². The zero-order valence-electron chi connectivity index (χ0n) is 16.7. The Morgan fingerprint density at radius 3 is 2.50 bits per heavy atom. The van der Waals surface area contributed by atoms with E-state index in [1.165, 1.54) is 15.4 Å². The number of H-pyrrole nitrogens is 1. The van der Waals surface area contributed by atoms with Gasteiger partial charge in [-0.05, 0) is 44.9 Å². The number of hydrogen-bond donors (Lipinski definition) is 1. The SMILES string of the molecule is CCOC(=O)c1c(S(=O)(=O)N2CCN(c3cccc(C)c3C)CC2)n[nH]c1C. The van der Waals surface area contributed by atoms with Crippen molar-refractivity contribution in [3.8, 4) is 0 Å². The smallest absolute Gasteiger partial charge is 0.343 e. The number of aryl methyl sites for hydroxylation is 2. The largest absolute Gasteiger partial charge is 0.462 e. The van der Waals surface area contributed by atoms with Gasteiger partial charge < -0.3 is 9.64 Å². The van der Waals surface area contributed by atoms with Crippen LogP contribution in [-0.2, 0) is 14.8 Å². The molecule has 0 saturated carbocycles. The lowest BCUT2D eigenvalue weighted by Gasteiger charge is -2.36. The predicted octanol–water partition coefficient (Wildman–Crippen LogP) is 2.02. The average molecular weight is 407 g/mol. The van der Waals surface area contributed by atoms with Crippen molar-refractivity contribution in [1.29, 1.82) is 0 Å². The van der Waals surface area contributed by atoms with Crippen LogP contribution in [-0.4, -0.2) is 61.7 Å². The van der Waals surface area contributed by atoms with Crippen LogP contribution in [0.1, 0.15) is 34.1 Å². The van der Waals surface area contributed by atoms with Crippen LogP contribution in [0.15, 0.2) is 23.2 Å². The molecule has 0 atom stereocenters. The molecule has 1 aromatic carbocycles. The highest BCUT2D eigenvalue weighted by atomic mass is 32.2. The van der Waals surface area contributed by atoms with E-state index in [9.17, 15) is 13.2 Å². The summed E-state index contributed by atoms with van der Waals surface area (Å²) in [6.07, 6.45) is 0. The number of sulfonamides is 1. The maximum atomic E-state index is 13.1. The highest BCUT2D eigenvalue weighted by Gasteiger charge is 2.35. The maximum Gasteiger partial charge on any atom is 0.343 e. The molecule has 0 amide bonds. The molecule has 28 heavy (non-hydrogen) atoms. The number of benzene rings is 1. The standard InChI is InChI=1S/C19H26N4O4S/c1-5-27-19(24)17-15(4)20-21-18(17)28(25,26)23-11-9-22(10-12-23)16-8-6-7-13(2)14(16)3/h6-8H,5,9-12H2,1-4H3,(H,20,21). The fraction of sp³-hybridized carbons (Fsp3) is 0.474. The highest BCUT2D eigenvalue weighted by Crippen LogP contribution is 2.26. The van der Waals surface area contributed by atoms with E-state index in [1.54, 1.807) is 13.8 Å². The molecule has 1 aromatic heterocycles. The minimum Gasteiger partial charge on any atom is -0.462 e. The van der Waals surface area contributed by atoms with Crippen LogP contribution >= 0.6 is 0 Å². The second-order valence-electron chi connectivity index (χ2n) is 6.86. The van der Waals surface area contributed by atoms with Gasteiger partial charge in [0, 0.05) is 37.6 Å². The van der Waals surface area contributed by atoms with Gasteiger partial charge in [-0.15, -0.1) is 0 Å². The molecule has 3 rings (SSSR count). The third-order valence-corrected chi connectivity index (χ3v) is 6.96. The van der Waals surface area contributed by atoms with Crippen molar-refractivity contribution in [3.63, 3.8) is 0 Å². The first-order valence-corrected chi connectivity index (χ1v) is 10.7. The minimum atomic E-state index is -3.90. The van der Waals surface area contributed by atoms with E-state index in [1.807, 2.05) is 6.07 Å². The van der Waals surface area contributed by atoms with Crippen molar-refractivity contribution in [2.24, 2.45) is 0 Å². The number of piperazine rings is 1. The van der Waals surface area contributed by atoms with E-state index in [0.717, 1.165) is 5.69 Å². The third-order valence-electron chi connectivity index (χ3n) is 5.13. The Labute approximate surface area is 165 Å². The molecule has 1 saturated heterocycles. The molecule has 2 aromatic rings. The van der Waals surface area contributed by atoms with Crippen LogP contribution in [0.2, 0.25) is 0 Å². The third kappa shape index (κ3) is 3.64. The molecule has 9 heteroatoms. The first kappa shape index (κ1) is 20.3. The molecule has 0 radical (unpaired) electrons. The Hall–Kier alpha value is -2.39. The number of ether oxygens (including phenoxy) is 1. The van der Waals surface area contributed by atoms with Gasteiger partial charge in [0.25, 0.3) is 10.0 Å². The first-order chi connectivity index (χ1) is 13.3. The first-order valence-electron chi connectivity index (χ1n) is 9.30. The fourth-order valence-corrected chi connectivity index (χ4v) is 4.95. The molecule has 1 aliphatic heterocycles. The van der Waals surface area contributed by atoms with Gasteiger partial charge in [0.2, 0.25) is 5.03 Å². The Morgan fingerprint density at radius 2 is 1.86 bits per heavy atom. The summed E-state index contributed by atoms with van der Waals surface area (Å²) in [7, 11) is -3.90. The zero-order chi connectivity index (χ0) is 20.5. The van der Waals surface area contributed by atoms with Crippen molar-refractivity contribution >= 4 is 21.7 Å². The molecule has 8 nitrogen and oxygen atoms in total. The molecular formula is C19H26N4O4S. The number of anilines is 1. The lowest BCUT2D eigenvalue weighted by Crippen LogP contribution is -2.49. The normalized spacial score (nSPS) is 15.6. The number of carbonyl (C=O) groups is 1. The van der Waals surface area contributed by atoms with Gasteiger partial charge in [-0.25, -0.2) is 13.2 Å². The second kappa shape index (κ2) is 7.92. The van der Waals surface area contributed by atoms with E-state index in [4.69, 9.17) is 4.74 Å². The summed E-state index contributed by atoms with van der Waals surface area (Å²) < 4.78 is 32.6. The Bertz CT molecular complexity index is 976. The number of nitrogens with one attached hydrogen (secondary N) is 1. The fourth-order valence-electron chi connectivity index (χ4n) is 3.41. The van der Waals surface area contributed by atoms with Gasteiger partial charge in [-0.3, -0.25) is 5.10 Å². The molecule has 0 unspecified atom stereocenters. The van der Waals surface area contributed by atoms with Gasteiger partial charge in [0.15, 0.2) is 0 Å². The Morgan fingerprint density at radius 1 is 1.18 bits per heavy atom. The average Bonchev–Trinajstić information content (AvgIpc) is 3.07. The maximum absolute atomic E-state index is 13.1. The van der Waals surface area contributed by atoms with Crippen molar-refractivity contribution in [2.45, 2.75) is 32.7 Å². The summed E-state index contributed by atoms with van der Waals surface area (Å²) in [4.78, 5) is 14.4. The topological polar surface area (TPSA) is 95.6 Å². The van der Waals surface area contributed by atoms with Gasteiger partial charge in [0.1, 0.15) is 5.56 Å². The summed E-state index contributed by atoms with van der Waals surface area (Å²) >= 11 is 0. The van der Waals surface area contributed by atoms with Crippen LogP contribution in [0.3, 0.4) is 0 Å². The van der Waals surface area contributed by atoms with Crippen molar-refractivity contribution in [1.82, 2.24) is 14.5 Å². The van der Waals surface area contributed by atoms with Crippen molar-refractivity contribution in [2.75, 3.05) is 37.7 Å². The Balaban J connectivity index is 1.81. The minimum absolute atomic E-state index is 0.0150. The molecular weight excluding hydrogens is 380 g/mol. The molecule has 2 heterocycles. The van der Waals surface area contributed by atoms with Crippen LogP contribution < -0.4 is 4.90 Å².